The van der Waals surface area contributed by atoms with Crippen LogP contribution in [0.4, 0.5) is 11.5 Å². The van der Waals surface area contributed by atoms with Gasteiger partial charge in [0.25, 0.3) is 0 Å². The maximum Gasteiger partial charge on any atom is 0.335 e. The van der Waals surface area contributed by atoms with Crippen molar-refractivity contribution >= 4 is 17.5 Å². The highest BCUT2D eigenvalue weighted by Crippen LogP contribution is 2.23. The maximum atomic E-state index is 10.8. The molecule has 0 aliphatic heterocycles. The molecule has 0 amide bonds. The molecule has 2 rings (SSSR count). The van der Waals surface area contributed by atoms with Gasteiger partial charge in [0.15, 0.2) is 0 Å². The van der Waals surface area contributed by atoms with Crippen LogP contribution in [0.1, 0.15) is 22.8 Å². The Morgan fingerprint density at radius 3 is 2.60 bits per heavy atom. The standard InChI is InChI=1S/C14H15N3O3/c1-3-20-13-9(2)12(15-8-16-13)17-11-6-4-10(5-7-11)14(18)19/h4-8H,3H2,1-2H3,(H,18,19)(H,15,16,17). The lowest BCUT2D eigenvalue weighted by molar-refractivity contribution is 0.0697. The number of ether oxygens (including phenoxy) is 1. The van der Waals surface area contributed by atoms with Gasteiger partial charge in [-0.15, -0.1) is 0 Å². The van der Waals surface area contributed by atoms with Gasteiger partial charge in [-0.2, -0.15) is 0 Å². The van der Waals surface area contributed by atoms with Gasteiger partial charge in [0.2, 0.25) is 5.88 Å². The molecule has 0 saturated heterocycles. The van der Waals surface area contributed by atoms with Gasteiger partial charge >= 0.3 is 5.97 Å². The number of carboxylic acids is 1. The summed E-state index contributed by atoms with van der Waals surface area (Å²) < 4.78 is 5.40. The van der Waals surface area contributed by atoms with Crippen molar-refractivity contribution in [3.63, 3.8) is 0 Å². The molecule has 104 valence electrons. The number of carboxylic acid groups (broad SMARTS) is 1. The predicted molar refractivity (Wildman–Crippen MR) is 74.6 cm³/mol. The average Bonchev–Trinajstić information content (AvgIpc) is 2.44. The number of nitrogens with zero attached hydrogens (tertiary/aromatic N) is 2. The van der Waals surface area contributed by atoms with Crippen LogP contribution in [0.5, 0.6) is 5.88 Å². The summed E-state index contributed by atoms with van der Waals surface area (Å²) in [6, 6.07) is 6.44. The Morgan fingerprint density at radius 1 is 1.30 bits per heavy atom. The van der Waals surface area contributed by atoms with Crippen molar-refractivity contribution in [1.82, 2.24) is 9.97 Å². The van der Waals surface area contributed by atoms with E-state index in [2.05, 4.69) is 15.3 Å². The normalized spacial score (nSPS) is 10.1. The molecule has 1 heterocycles. The van der Waals surface area contributed by atoms with E-state index in [1.54, 1.807) is 12.1 Å². The first-order chi connectivity index (χ1) is 9.61. The minimum atomic E-state index is -0.951. The molecule has 0 atom stereocenters. The molecular formula is C14H15N3O3. The van der Waals surface area contributed by atoms with E-state index in [0.29, 0.717) is 18.3 Å². The minimum Gasteiger partial charge on any atom is -0.478 e. The summed E-state index contributed by atoms with van der Waals surface area (Å²) in [4.78, 5) is 19.0. The van der Waals surface area contributed by atoms with Crippen molar-refractivity contribution in [2.24, 2.45) is 0 Å². The maximum absolute atomic E-state index is 10.8. The van der Waals surface area contributed by atoms with E-state index in [-0.39, 0.29) is 5.56 Å². The van der Waals surface area contributed by atoms with Crippen molar-refractivity contribution in [2.45, 2.75) is 13.8 Å². The molecule has 0 aliphatic rings. The molecule has 6 heteroatoms. The number of hydrogen-bond acceptors (Lipinski definition) is 5. The third kappa shape index (κ3) is 3.03. The van der Waals surface area contributed by atoms with Gasteiger partial charge in [-0.05, 0) is 38.1 Å². The number of aromatic carboxylic acids is 1. The fourth-order valence-electron chi connectivity index (χ4n) is 1.68. The van der Waals surface area contributed by atoms with Crippen LogP contribution in [-0.4, -0.2) is 27.7 Å². The van der Waals surface area contributed by atoms with E-state index in [9.17, 15) is 4.79 Å². The Hall–Kier alpha value is -2.63. The highest BCUT2D eigenvalue weighted by atomic mass is 16.5. The second-order valence-corrected chi connectivity index (χ2v) is 4.09. The van der Waals surface area contributed by atoms with Gasteiger partial charge in [-0.25, -0.2) is 14.8 Å². The molecular weight excluding hydrogens is 258 g/mol. The van der Waals surface area contributed by atoms with Crippen LogP contribution in [0.2, 0.25) is 0 Å². The number of rotatable bonds is 5. The first-order valence-corrected chi connectivity index (χ1v) is 6.16. The Morgan fingerprint density at radius 2 is 2.00 bits per heavy atom. The molecule has 6 nitrogen and oxygen atoms in total. The van der Waals surface area contributed by atoms with Crippen molar-refractivity contribution in [1.29, 1.82) is 0 Å². The highest BCUT2D eigenvalue weighted by molar-refractivity contribution is 5.88. The smallest absolute Gasteiger partial charge is 0.335 e. The van der Waals surface area contributed by atoms with Gasteiger partial charge in [-0.3, -0.25) is 0 Å². The molecule has 2 aromatic rings. The van der Waals surface area contributed by atoms with Crippen molar-refractivity contribution < 1.29 is 14.6 Å². The topological polar surface area (TPSA) is 84.3 Å². The zero-order valence-electron chi connectivity index (χ0n) is 11.3. The van der Waals surface area contributed by atoms with Crippen LogP contribution in [0.3, 0.4) is 0 Å². The van der Waals surface area contributed by atoms with Gasteiger partial charge in [0.1, 0.15) is 12.1 Å². The second-order valence-electron chi connectivity index (χ2n) is 4.09. The van der Waals surface area contributed by atoms with Crippen LogP contribution < -0.4 is 10.1 Å². The fourth-order valence-corrected chi connectivity index (χ4v) is 1.68. The molecule has 0 saturated carbocycles. The van der Waals surface area contributed by atoms with E-state index in [0.717, 1.165) is 11.3 Å². The lowest BCUT2D eigenvalue weighted by atomic mass is 10.2. The van der Waals surface area contributed by atoms with Crippen LogP contribution in [-0.2, 0) is 0 Å². The number of carbonyl (C=O) groups is 1. The van der Waals surface area contributed by atoms with Crippen LogP contribution >= 0.6 is 0 Å². The lowest BCUT2D eigenvalue weighted by Gasteiger charge is -2.11. The minimum absolute atomic E-state index is 0.241. The molecule has 0 bridgehead atoms. The molecule has 0 unspecified atom stereocenters. The number of anilines is 2. The van der Waals surface area contributed by atoms with Crippen LogP contribution in [0.15, 0.2) is 30.6 Å². The average molecular weight is 273 g/mol. The SMILES string of the molecule is CCOc1ncnc(Nc2ccc(C(=O)O)cc2)c1C. The van der Waals surface area contributed by atoms with E-state index < -0.39 is 5.97 Å². The first-order valence-electron chi connectivity index (χ1n) is 6.16. The molecule has 1 aromatic carbocycles. The van der Waals surface area contributed by atoms with Gasteiger partial charge < -0.3 is 15.2 Å². The summed E-state index contributed by atoms with van der Waals surface area (Å²) in [6.45, 7) is 4.28. The van der Waals surface area contributed by atoms with Gasteiger partial charge in [0.05, 0.1) is 17.7 Å². The number of hydrogen-bond donors (Lipinski definition) is 2. The molecule has 0 spiro atoms. The number of nitrogens with one attached hydrogen (secondary N) is 1. The van der Waals surface area contributed by atoms with Crippen LogP contribution in [0, 0.1) is 6.92 Å². The first kappa shape index (κ1) is 13.8. The lowest BCUT2D eigenvalue weighted by Crippen LogP contribution is -2.03. The largest absolute Gasteiger partial charge is 0.478 e. The summed E-state index contributed by atoms with van der Waals surface area (Å²) in [5.74, 6) is 0.215. The van der Waals surface area contributed by atoms with Gasteiger partial charge in [-0.1, -0.05) is 0 Å². The van der Waals surface area contributed by atoms with E-state index in [1.165, 1.54) is 18.5 Å². The fraction of sp³-hybridized carbons (Fsp3) is 0.214. The van der Waals surface area contributed by atoms with E-state index in [1.807, 2.05) is 13.8 Å². The third-order valence-corrected chi connectivity index (χ3v) is 2.71. The van der Waals surface area contributed by atoms with Crippen molar-refractivity contribution in [2.75, 3.05) is 11.9 Å². The molecule has 2 N–H and O–H groups in total. The van der Waals surface area contributed by atoms with Crippen molar-refractivity contribution in [3.05, 3.63) is 41.7 Å². The zero-order valence-corrected chi connectivity index (χ0v) is 11.3. The predicted octanol–water partition coefficient (Wildman–Crippen LogP) is 2.63. The molecule has 0 aliphatic carbocycles. The summed E-state index contributed by atoms with van der Waals surface area (Å²) in [5, 5.41) is 12.0. The Balaban J connectivity index is 2.21. The monoisotopic (exact) mass is 273 g/mol. The summed E-state index contributed by atoms with van der Waals surface area (Å²) in [5.41, 5.74) is 1.79. The molecule has 0 radical (unpaired) electrons. The van der Waals surface area contributed by atoms with E-state index >= 15 is 0 Å². The molecule has 1 aromatic heterocycles. The van der Waals surface area contributed by atoms with Crippen molar-refractivity contribution in [3.8, 4) is 5.88 Å². The molecule has 20 heavy (non-hydrogen) atoms. The van der Waals surface area contributed by atoms with Gasteiger partial charge in [0, 0.05) is 5.69 Å². The Bertz CT molecular complexity index is 612. The van der Waals surface area contributed by atoms with E-state index in [4.69, 9.17) is 9.84 Å². The molecule has 0 fully saturated rings. The Labute approximate surface area is 116 Å². The summed E-state index contributed by atoms with van der Waals surface area (Å²) in [7, 11) is 0. The zero-order chi connectivity index (χ0) is 14.5. The number of benzene rings is 1. The summed E-state index contributed by atoms with van der Waals surface area (Å²) >= 11 is 0. The second kappa shape index (κ2) is 6.01. The summed E-state index contributed by atoms with van der Waals surface area (Å²) in [6.07, 6.45) is 1.42. The number of aromatic nitrogens is 2. The Kier molecular flexibility index (Phi) is 4.14. The highest BCUT2D eigenvalue weighted by Gasteiger charge is 2.08. The van der Waals surface area contributed by atoms with Crippen LogP contribution in [0.25, 0.3) is 0 Å². The third-order valence-electron chi connectivity index (χ3n) is 2.71. The quantitative estimate of drug-likeness (QED) is 0.871.